The van der Waals surface area contributed by atoms with Crippen LogP contribution in [0.3, 0.4) is 0 Å². The van der Waals surface area contributed by atoms with Gasteiger partial charge in [0.15, 0.2) is 0 Å². The van der Waals surface area contributed by atoms with Gasteiger partial charge in [0.2, 0.25) is 0 Å². The molecule has 0 aromatic rings. The Hall–Kier alpha value is -2.23. The van der Waals surface area contributed by atoms with Crippen LogP contribution in [0.5, 0.6) is 0 Å². The first kappa shape index (κ1) is 25.4. The highest BCUT2D eigenvalue weighted by Crippen LogP contribution is 2.56. The molecule has 3 aliphatic rings. The van der Waals surface area contributed by atoms with Gasteiger partial charge < -0.3 is 29.5 Å². The zero-order valence-corrected chi connectivity index (χ0v) is 20.0. The minimum atomic E-state index is -1.99. The van der Waals surface area contributed by atoms with Crippen LogP contribution < -0.4 is 0 Å². The van der Waals surface area contributed by atoms with Gasteiger partial charge in [-0.1, -0.05) is 12.5 Å². The van der Waals surface area contributed by atoms with E-state index in [2.05, 4.69) is 0 Å². The molecule has 3 rings (SSSR count). The monoisotopic (exact) mass is 466 g/mol. The molecule has 9 nitrogen and oxygen atoms in total. The van der Waals surface area contributed by atoms with E-state index in [9.17, 15) is 29.7 Å². The molecular formula is C24H34O9. The highest BCUT2D eigenvalue weighted by atomic mass is 16.7. The third-order valence-electron chi connectivity index (χ3n) is 7.66. The summed E-state index contributed by atoms with van der Waals surface area (Å²) < 4.78 is 16.7. The van der Waals surface area contributed by atoms with Crippen LogP contribution in [0.25, 0.3) is 0 Å². The number of allylic oxidation sites excluding steroid dienone is 1. The third kappa shape index (κ3) is 4.34. The predicted octanol–water partition coefficient (Wildman–Crippen LogP) is 1.68. The molecule has 2 aliphatic carbocycles. The molecule has 1 heterocycles. The Morgan fingerprint density at radius 2 is 1.67 bits per heavy atom. The van der Waals surface area contributed by atoms with Crippen molar-refractivity contribution in [3.63, 3.8) is 0 Å². The van der Waals surface area contributed by atoms with E-state index in [1.54, 1.807) is 13.8 Å². The van der Waals surface area contributed by atoms with Crippen LogP contribution in [0.4, 0.5) is 0 Å². The summed E-state index contributed by atoms with van der Waals surface area (Å²) in [5, 5.41) is 33.7. The van der Waals surface area contributed by atoms with Gasteiger partial charge in [-0.15, -0.1) is 0 Å². The zero-order chi connectivity index (χ0) is 24.9. The maximum atomic E-state index is 12.4. The average Bonchev–Trinajstić information content (AvgIpc) is 2.87. The number of aliphatic hydroxyl groups is 3. The molecule has 1 aliphatic heterocycles. The minimum Gasteiger partial charge on any atom is -0.462 e. The van der Waals surface area contributed by atoms with Crippen LogP contribution in [0.1, 0.15) is 67.2 Å². The average molecular weight is 467 g/mol. The number of rotatable bonds is 2. The van der Waals surface area contributed by atoms with Gasteiger partial charge in [-0.3, -0.25) is 9.59 Å². The summed E-state index contributed by atoms with van der Waals surface area (Å²) in [4.78, 5) is 36.5. The normalized spacial score (nSPS) is 42.9. The first-order chi connectivity index (χ1) is 15.1. The Labute approximate surface area is 193 Å². The van der Waals surface area contributed by atoms with Crippen molar-refractivity contribution in [2.45, 2.75) is 96.9 Å². The van der Waals surface area contributed by atoms with Crippen molar-refractivity contribution >= 4 is 17.9 Å². The topological polar surface area (TPSA) is 140 Å². The largest absolute Gasteiger partial charge is 0.462 e. The summed E-state index contributed by atoms with van der Waals surface area (Å²) in [5.74, 6) is -4.65. The standard InChI is InChI=1S/C24H34O9/c1-12-7-8-19(31-14(3)25)22(5)17(9-16-13(2)21(28)33-24(16,30)11-12)23(6,29)18(27)10-20(22)32-15(4)26/h11,17-20,27,29-30H,7-10H2,1-6H3/b12-11-/t17-,18+,19-,20+,22+,23+,24+/m1/s1. The van der Waals surface area contributed by atoms with E-state index < -0.39 is 58.9 Å². The molecule has 0 saturated heterocycles. The lowest BCUT2D eigenvalue weighted by molar-refractivity contribution is -0.246. The number of hydrogen-bond donors (Lipinski definition) is 3. The number of carbonyl (C=O) groups excluding carboxylic acids is 3. The fraction of sp³-hybridized carbons (Fsp3) is 0.708. The number of fused-ring (bicyclic) bond motifs is 2. The smallest absolute Gasteiger partial charge is 0.336 e. The number of carbonyl (C=O) groups is 3. The van der Waals surface area contributed by atoms with Crippen LogP contribution in [0.2, 0.25) is 0 Å². The Balaban J connectivity index is 2.27. The molecule has 1 fully saturated rings. The molecule has 0 radical (unpaired) electrons. The number of ether oxygens (including phenoxy) is 3. The van der Waals surface area contributed by atoms with E-state index >= 15 is 0 Å². The van der Waals surface area contributed by atoms with Gasteiger partial charge in [0.1, 0.15) is 12.2 Å². The van der Waals surface area contributed by atoms with Crippen molar-refractivity contribution in [1.82, 2.24) is 0 Å². The van der Waals surface area contributed by atoms with Crippen molar-refractivity contribution in [2.75, 3.05) is 0 Å². The van der Waals surface area contributed by atoms with Gasteiger partial charge in [0, 0.05) is 42.7 Å². The molecule has 33 heavy (non-hydrogen) atoms. The summed E-state index contributed by atoms with van der Waals surface area (Å²) in [6, 6.07) is 0. The van der Waals surface area contributed by atoms with E-state index in [0.29, 0.717) is 18.4 Å². The highest BCUT2D eigenvalue weighted by Gasteiger charge is 2.63. The van der Waals surface area contributed by atoms with Gasteiger partial charge in [-0.05, 0) is 46.1 Å². The first-order valence-corrected chi connectivity index (χ1v) is 11.2. The molecule has 0 spiro atoms. The lowest BCUT2D eigenvalue weighted by atomic mass is 9.53. The molecule has 0 aromatic carbocycles. The van der Waals surface area contributed by atoms with E-state index in [1.807, 2.05) is 0 Å². The van der Waals surface area contributed by atoms with Crippen molar-refractivity contribution in [3.05, 3.63) is 22.8 Å². The van der Waals surface area contributed by atoms with Gasteiger partial charge in [0.25, 0.3) is 5.79 Å². The molecule has 1 saturated carbocycles. The maximum absolute atomic E-state index is 12.4. The fourth-order valence-corrected chi connectivity index (χ4v) is 5.77. The van der Waals surface area contributed by atoms with Gasteiger partial charge in [-0.2, -0.15) is 0 Å². The number of esters is 3. The molecular weight excluding hydrogens is 432 g/mol. The van der Waals surface area contributed by atoms with Crippen LogP contribution in [0, 0.1) is 11.3 Å². The molecule has 0 aromatic heterocycles. The Morgan fingerprint density at radius 3 is 2.24 bits per heavy atom. The molecule has 9 heteroatoms. The molecule has 0 amide bonds. The number of aliphatic hydroxyl groups excluding tert-OH is 1. The van der Waals surface area contributed by atoms with Crippen molar-refractivity contribution in [2.24, 2.45) is 11.3 Å². The molecule has 3 N–H and O–H groups in total. The van der Waals surface area contributed by atoms with Gasteiger partial charge in [0.05, 0.1) is 11.7 Å². The molecule has 0 unspecified atom stereocenters. The summed E-state index contributed by atoms with van der Waals surface area (Å²) in [6.45, 7) is 9.06. The Bertz CT molecular complexity index is 917. The maximum Gasteiger partial charge on any atom is 0.336 e. The second-order valence-electron chi connectivity index (χ2n) is 10.0. The second kappa shape index (κ2) is 8.52. The minimum absolute atomic E-state index is 0.0616. The summed E-state index contributed by atoms with van der Waals surface area (Å²) in [6.07, 6.45) is -0.929. The molecule has 0 bridgehead atoms. The van der Waals surface area contributed by atoms with Crippen molar-refractivity contribution in [3.8, 4) is 0 Å². The van der Waals surface area contributed by atoms with Crippen LogP contribution in [-0.2, 0) is 28.6 Å². The van der Waals surface area contributed by atoms with Crippen molar-refractivity contribution < 1.29 is 43.9 Å². The van der Waals surface area contributed by atoms with E-state index in [1.165, 1.54) is 33.8 Å². The first-order valence-electron chi connectivity index (χ1n) is 11.2. The predicted molar refractivity (Wildman–Crippen MR) is 115 cm³/mol. The highest BCUT2D eigenvalue weighted by molar-refractivity contribution is 5.92. The lowest BCUT2D eigenvalue weighted by Gasteiger charge is -2.57. The van der Waals surface area contributed by atoms with E-state index in [4.69, 9.17) is 14.2 Å². The SMILES string of the molecule is CC(=O)O[C@H]1C[C@H](O)[C@@](C)(O)[C@@H]2CC3=C(C)C(=O)O[C@@]3(O)/C=C(/C)CC[C@@H](OC(C)=O)[C@@]12C. The zero-order valence-electron chi connectivity index (χ0n) is 20.0. The summed E-state index contributed by atoms with van der Waals surface area (Å²) >= 11 is 0. The fourth-order valence-electron chi connectivity index (χ4n) is 5.77. The van der Waals surface area contributed by atoms with Crippen LogP contribution in [0.15, 0.2) is 22.8 Å². The van der Waals surface area contributed by atoms with Gasteiger partial charge in [-0.25, -0.2) is 4.79 Å². The van der Waals surface area contributed by atoms with E-state index in [-0.39, 0.29) is 24.0 Å². The molecule has 7 atom stereocenters. The van der Waals surface area contributed by atoms with Gasteiger partial charge >= 0.3 is 17.9 Å². The number of hydrogen-bond acceptors (Lipinski definition) is 9. The summed E-state index contributed by atoms with van der Waals surface area (Å²) in [7, 11) is 0. The Kier molecular flexibility index (Phi) is 6.56. The summed E-state index contributed by atoms with van der Waals surface area (Å²) in [5.41, 5.74) is -1.71. The van der Waals surface area contributed by atoms with E-state index in [0.717, 1.165) is 0 Å². The quantitative estimate of drug-likeness (QED) is 0.315. The molecule has 184 valence electrons. The Morgan fingerprint density at radius 1 is 1.09 bits per heavy atom. The second-order valence-corrected chi connectivity index (χ2v) is 10.0. The lowest BCUT2D eigenvalue weighted by Crippen LogP contribution is -2.66. The van der Waals surface area contributed by atoms with Crippen molar-refractivity contribution in [1.29, 1.82) is 0 Å². The van der Waals surface area contributed by atoms with Crippen LogP contribution >= 0.6 is 0 Å². The van der Waals surface area contributed by atoms with Crippen LogP contribution in [-0.4, -0.2) is 62.9 Å². The third-order valence-corrected chi connectivity index (χ3v) is 7.66.